The fourth-order valence-corrected chi connectivity index (χ4v) is 3.48. The summed E-state index contributed by atoms with van der Waals surface area (Å²) >= 11 is 0. The second kappa shape index (κ2) is 9.14. The lowest BCUT2D eigenvalue weighted by molar-refractivity contribution is -0.383. The van der Waals surface area contributed by atoms with E-state index >= 15 is 0 Å². The molecule has 0 aromatic carbocycles. The third-order valence-electron chi connectivity index (χ3n) is 5.20. The van der Waals surface area contributed by atoms with Gasteiger partial charge >= 0.3 is 5.69 Å². The average molecular weight is 379 g/mol. The highest BCUT2D eigenvalue weighted by Gasteiger charge is 2.29. The quantitative estimate of drug-likeness (QED) is 0.410. The van der Waals surface area contributed by atoms with Gasteiger partial charge in [-0.1, -0.05) is 6.92 Å². The molecule has 0 radical (unpaired) electrons. The van der Waals surface area contributed by atoms with Crippen LogP contribution in [0.2, 0.25) is 0 Å². The van der Waals surface area contributed by atoms with Crippen molar-refractivity contribution in [3.63, 3.8) is 0 Å². The highest BCUT2D eigenvalue weighted by Crippen LogP contribution is 2.34. The number of nitrogens with one attached hydrogen (secondary N) is 1. The molecule has 2 aliphatic heterocycles. The van der Waals surface area contributed by atoms with Crippen LogP contribution in [0, 0.1) is 16.0 Å². The molecule has 3 heterocycles. The molecule has 0 aliphatic carbocycles. The summed E-state index contributed by atoms with van der Waals surface area (Å²) < 4.78 is 5.35. The summed E-state index contributed by atoms with van der Waals surface area (Å²) in [6, 6.07) is 0. The number of rotatable bonds is 7. The minimum Gasteiger partial charge on any atom is -0.379 e. The fraction of sp³-hybridized carbons (Fsp3) is 0.765. The predicted molar refractivity (Wildman–Crippen MR) is 104 cm³/mol. The summed E-state index contributed by atoms with van der Waals surface area (Å²) in [7, 11) is 0. The van der Waals surface area contributed by atoms with Crippen LogP contribution in [0.15, 0.2) is 0 Å². The van der Waals surface area contributed by atoms with Crippen molar-refractivity contribution in [2.75, 3.05) is 68.4 Å². The second-order valence-electron chi connectivity index (χ2n) is 7.27. The van der Waals surface area contributed by atoms with E-state index in [1.54, 1.807) is 0 Å². The number of nitro groups is 1. The first-order valence-electron chi connectivity index (χ1n) is 9.65. The summed E-state index contributed by atoms with van der Waals surface area (Å²) in [5.74, 6) is 1.22. The molecule has 27 heavy (non-hydrogen) atoms. The van der Waals surface area contributed by atoms with Crippen molar-refractivity contribution in [1.82, 2.24) is 14.9 Å². The maximum Gasteiger partial charge on any atom is 0.353 e. The zero-order chi connectivity index (χ0) is 19.2. The summed E-state index contributed by atoms with van der Waals surface area (Å²) in [6.07, 6.45) is 2.91. The Morgan fingerprint density at radius 3 is 2.63 bits per heavy atom. The smallest absolute Gasteiger partial charge is 0.353 e. The van der Waals surface area contributed by atoms with E-state index in [0.717, 1.165) is 65.2 Å². The van der Waals surface area contributed by atoms with Gasteiger partial charge < -0.3 is 20.7 Å². The molecule has 10 nitrogen and oxygen atoms in total. The zero-order valence-electron chi connectivity index (χ0n) is 15.9. The van der Waals surface area contributed by atoms with E-state index in [9.17, 15) is 10.1 Å². The van der Waals surface area contributed by atoms with Gasteiger partial charge in [0.05, 0.1) is 18.1 Å². The van der Waals surface area contributed by atoms with Crippen molar-refractivity contribution >= 4 is 23.3 Å². The van der Waals surface area contributed by atoms with E-state index in [2.05, 4.69) is 27.1 Å². The molecule has 10 heteroatoms. The fourth-order valence-electron chi connectivity index (χ4n) is 3.48. The molecule has 2 aliphatic rings. The van der Waals surface area contributed by atoms with Crippen molar-refractivity contribution in [3.8, 4) is 0 Å². The Morgan fingerprint density at radius 2 is 1.96 bits per heavy atom. The van der Waals surface area contributed by atoms with E-state index in [1.165, 1.54) is 0 Å². The Kier molecular flexibility index (Phi) is 6.62. The van der Waals surface area contributed by atoms with Crippen molar-refractivity contribution in [2.45, 2.75) is 26.2 Å². The molecule has 0 saturated carbocycles. The number of hydrogen-bond donors (Lipinski definition) is 2. The Morgan fingerprint density at radius 1 is 1.26 bits per heavy atom. The zero-order valence-corrected chi connectivity index (χ0v) is 15.9. The van der Waals surface area contributed by atoms with E-state index < -0.39 is 4.92 Å². The molecule has 0 spiro atoms. The summed E-state index contributed by atoms with van der Waals surface area (Å²) in [5, 5.41) is 14.6. The van der Waals surface area contributed by atoms with Gasteiger partial charge in [-0.05, 0) is 31.7 Å². The minimum absolute atomic E-state index is 0.0840. The standard InChI is InChI=1S/C17H29N7O3/c1-13-3-7-23(8-4-13)16-14(24(25)26)15(18)20-17(21-16)19-5-2-6-22-9-11-27-12-10-22/h13H,2-12H2,1H3,(H3,18,19,20,21). The molecular formula is C17H29N7O3. The summed E-state index contributed by atoms with van der Waals surface area (Å²) in [6.45, 7) is 8.82. The van der Waals surface area contributed by atoms with Crippen molar-refractivity contribution in [1.29, 1.82) is 0 Å². The molecule has 150 valence electrons. The number of morpholine rings is 1. The molecule has 3 rings (SSSR count). The van der Waals surface area contributed by atoms with Crippen LogP contribution in [0.1, 0.15) is 26.2 Å². The lowest BCUT2D eigenvalue weighted by Crippen LogP contribution is -2.37. The van der Waals surface area contributed by atoms with Crippen LogP contribution in [0.3, 0.4) is 0 Å². The topological polar surface area (TPSA) is 123 Å². The van der Waals surface area contributed by atoms with Crippen LogP contribution >= 0.6 is 0 Å². The van der Waals surface area contributed by atoms with Crippen molar-refractivity contribution in [2.24, 2.45) is 5.92 Å². The maximum atomic E-state index is 11.5. The van der Waals surface area contributed by atoms with Gasteiger partial charge in [-0.3, -0.25) is 15.0 Å². The minimum atomic E-state index is -0.481. The lowest BCUT2D eigenvalue weighted by atomic mass is 9.99. The Hall–Kier alpha value is -2.20. The van der Waals surface area contributed by atoms with Crippen LogP contribution in [-0.2, 0) is 4.74 Å². The Balaban J connectivity index is 1.63. The molecule has 2 fully saturated rings. The number of hydrogen-bond acceptors (Lipinski definition) is 9. The average Bonchev–Trinajstić information content (AvgIpc) is 2.66. The molecule has 3 N–H and O–H groups in total. The number of piperidine rings is 1. The van der Waals surface area contributed by atoms with Crippen LogP contribution in [0.4, 0.5) is 23.3 Å². The highest BCUT2D eigenvalue weighted by molar-refractivity contribution is 5.71. The van der Waals surface area contributed by atoms with Gasteiger partial charge in [0.1, 0.15) is 0 Å². The Labute approximate surface area is 159 Å². The van der Waals surface area contributed by atoms with Gasteiger partial charge in [0, 0.05) is 32.7 Å². The van der Waals surface area contributed by atoms with Gasteiger partial charge in [0.2, 0.25) is 17.6 Å². The normalized spacial score (nSPS) is 19.2. The first-order valence-corrected chi connectivity index (χ1v) is 9.65. The van der Waals surface area contributed by atoms with Gasteiger partial charge in [-0.25, -0.2) is 0 Å². The van der Waals surface area contributed by atoms with E-state index in [1.807, 2.05) is 4.90 Å². The monoisotopic (exact) mass is 379 g/mol. The number of anilines is 3. The third kappa shape index (κ3) is 5.16. The van der Waals surface area contributed by atoms with E-state index in [-0.39, 0.29) is 11.5 Å². The third-order valence-corrected chi connectivity index (χ3v) is 5.20. The van der Waals surface area contributed by atoms with Crippen LogP contribution < -0.4 is 16.0 Å². The number of nitrogens with two attached hydrogens (primary N) is 1. The molecule has 0 unspecified atom stereocenters. The molecule has 1 aromatic heterocycles. The van der Waals surface area contributed by atoms with Crippen LogP contribution in [0.5, 0.6) is 0 Å². The number of nitrogens with zero attached hydrogens (tertiary/aromatic N) is 5. The predicted octanol–water partition coefficient (Wildman–Crippen LogP) is 1.34. The van der Waals surface area contributed by atoms with Gasteiger partial charge in [0.15, 0.2) is 0 Å². The first-order chi connectivity index (χ1) is 13.0. The van der Waals surface area contributed by atoms with Gasteiger partial charge in [-0.2, -0.15) is 9.97 Å². The summed E-state index contributed by atoms with van der Waals surface area (Å²) in [5.41, 5.74) is 5.71. The number of nitrogen functional groups attached to an aromatic ring is 1. The van der Waals surface area contributed by atoms with Crippen molar-refractivity contribution in [3.05, 3.63) is 10.1 Å². The second-order valence-corrected chi connectivity index (χ2v) is 7.27. The lowest BCUT2D eigenvalue weighted by Gasteiger charge is -2.31. The molecule has 0 amide bonds. The first kappa shape index (κ1) is 19.6. The van der Waals surface area contributed by atoms with Crippen molar-refractivity contribution < 1.29 is 9.66 Å². The molecule has 1 aromatic rings. The molecule has 0 bridgehead atoms. The highest BCUT2D eigenvalue weighted by atomic mass is 16.6. The van der Waals surface area contributed by atoms with Gasteiger partial charge in [0.25, 0.3) is 0 Å². The van der Waals surface area contributed by atoms with E-state index in [0.29, 0.717) is 24.2 Å². The van der Waals surface area contributed by atoms with E-state index in [4.69, 9.17) is 10.5 Å². The maximum absolute atomic E-state index is 11.5. The molecule has 2 saturated heterocycles. The number of ether oxygens (including phenoxy) is 1. The SMILES string of the molecule is CC1CCN(c2nc(NCCCN3CCOCC3)nc(N)c2[N+](=O)[O-])CC1. The summed E-state index contributed by atoms with van der Waals surface area (Å²) in [4.78, 5) is 23.8. The molecule has 0 atom stereocenters. The molecular weight excluding hydrogens is 350 g/mol. The largest absolute Gasteiger partial charge is 0.379 e. The number of aromatic nitrogens is 2. The van der Waals surface area contributed by atoms with Crippen LogP contribution in [0.25, 0.3) is 0 Å². The van der Waals surface area contributed by atoms with Gasteiger partial charge in [-0.15, -0.1) is 0 Å². The van der Waals surface area contributed by atoms with Crippen LogP contribution in [-0.4, -0.2) is 72.3 Å². The Bertz CT molecular complexity index is 644.